The molecule has 1 aromatic carbocycles. The standard InChI is InChI=1S/C18H26N2O/c1-4-16(19)18(17-11-10-14(2)21-17)20(3)13-12-15-8-6-5-7-9-15/h5-11,16,18H,4,12-13,19H2,1-3H3. The molecule has 21 heavy (non-hydrogen) atoms. The molecular weight excluding hydrogens is 260 g/mol. The van der Waals surface area contributed by atoms with Crippen molar-refractivity contribution in [1.82, 2.24) is 4.90 Å². The molecule has 1 heterocycles. The average Bonchev–Trinajstić information content (AvgIpc) is 2.92. The molecule has 0 saturated heterocycles. The van der Waals surface area contributed by atoms with Crippen LogP contribution in [-0.2, 0) is 6.42 Å². The van der Waals surface area contributed by atoms with Gasteiger partial charge < -0.3 is 10.2 Å². The zero-order valence-electron chi connectivity index (χ0n) is 13.3. The predicted octanol–water partition coefficient (Wildman–Crippen LogP) is 3.54. The van der Waals surface area contributed by atoms with Crippen LogP contribution >= 0.6 is 0 Å². The Hall–Kier alpha value is -1.58. The Morgan fingerprint density at radius 3 is 2.43 bits per heavy atom. The fraction of sp³-hybridized carbons (Fsp3) is 0.444. The Bertz CT molecular complexity index is 535. The average molecular weight is 286 g/mol. The summed E-state index contributed by atoms with van der Waals surface area (Å²) in [6.07, 6.45) is 1.95. The first kappa shape index (κ1) is 15.8. The van der Waals surface area contributed by atoms with E-state index in [2.05, 4.69) is 55.3 Å². The van der Waals surface area contributed by atoms with Crippen molar-refractivity contribution in [3.8, 4) is 0 Å². The molecule has 0 aliphatic rings. The lowest BCUT2D eigenvalue weighted by atomic mass is 10.0. The van der Waals surface area contributed by atoms with Gasteiger partial charge in [-0.1, -0.05) is 37.3 Å². The lowest BCUT2D eigenvalue weighted by Gasteiger charge is -2.30. The molecule has 2 aromatic rings. The summed E-state index contributed by atoms with van der Waals surface area (Å²) in [7, 11) is 2.13. The third-order valence-corrected chi connectivity index (χ3v) is 4.00. The maximum Gasteiger partial charge on any atom is 0.122 e. The minimum absolute atomic E-state index is 0.0799. The molecule has 0 spiro atoms. The number of nitrogens with zero attached hydrogens (tertiary/aromatic N) is 1. The van der Waals surface area contributed by atoms with Crippen molar-refractivity contribution in [2.75, 3.05) is 13.6 Å². The Balaban J connectivity index is 2.06. The Kier molecular flexibility index (Phi) is 5.59. The summed E-state index contributed by atoms with van der Waals surface area (Å²) in [5, 5.41) is 0. The maximum atomic E-state index is 6.33. The topological polar surface area (TPSA) is 42.4 Å². The first-order chi connectivity index (χ1) is 10.1. The highest BCUT2D eigenvalue weighted by Crippen LogP contribution is 2.26. The molecule has 2 N–H and O–H groups in total. The normalized spacial score (nSPS) is 14.3. The van der Waals surface area contributed by atoms with Crippen LogP contribution in [-0.4, -0.2) is 24.5 Å². The van der Waals surface area contributed by atoms with Crippen LogP contribution in [0.15, 0.2) is 46.9 Å². The van der Waals surface area contributed by atoms with E-state index in [1.165, 1.54) is 5.56 Å². The second kappa shape index (κ2) is 7.43. The molecule has 2 atom stereocenters. The van der Waals surface area contributed by atoms with Crippen molar-refractivity contribution in [3.05, 3.63) is 59.5 Å². The van der Waals surface area contributed by atoms with E-state index in [-0.39, 0.29) is 12.1 Å². The number of furan rings is 1. The summed E-state index contributed by atoms with van der Waals surface area (Å²) in [5.41, 5.74) is 7.68. The minimum Gasteiger partial charge on any atom is -0.465 e. The van der Waals surface area contributed by atoms with Gasteiger partial charge in [0.15, 0.2) is 0 Å². The zero-order chi connectivity index (χ0) is 15.2. The monoisotopic (exact) mass is 286 g/mol. The molecule has 0 radical (unpaired) electrons. The molecule has 2 unspecified atom stereocenters. The second-order valence-corrected chi connectivity index (χ2v) is 5.68. The highest BCUT2D eigenvalue weighted by atomic mass is 16.3. The molecule has 3 nitrogen and oxygen atoms in total. The van der Waals surface area contributed by atoms with E-state index in [0.717, 1.165) is 30.9 Å². The number of likely N-dealkylation sites (N-methyl/N-ethyl adjacent to an activating group) is 1. The lowest BCUT2D eigenvalue weighted by Crippen LogP contribution is -2.39. The number of hydrogen-bond acceptors (Lipinski definition) is 3. The largest absolute Gasteiger partial charge is 0.465 e. The highest BCUT2D eigenvalue weighted by molar-refractivity contribution is 5.16. The molecule has 0 aliphatic carbocycles. The SMILES string of the molecule is CCC(N)C(c1ccc(C)o1)N(C)CCc1ccccc1. The van der Waals surface area contributed by atoms with Gasteiger partial charge in [-0.3, -0.25) is 4.90 Å². The van der Waals surface area contributed by atoms with Gasteiger partial charge >= 0.3 is 0 Å². The number of nitrogens with two attached hydrogens (primary N) is 1. The van der Waals surface area contributed by atoms with Gasteiger partial charge in [-0.2, -0.15) is 0 Å². The van der Waals surface area contributed by atoms with Gasteiger partial charge in [-0.05, 0) is 44.5 Å². The van der Waals surface area contributed by atoms with Gasteiger partial charge in [0.25, 0.3) is 0 Å². The molecule has 2 rings (SSSR count). The van der Waals surface area contributed by atoms with Gasteiger partial charge in [-0.15, -0.1) is 0 Å². The first-order valence-electron chi connectivity index (χ1n) is 7.68. The van der Waals surface area contributed by atoms with Crippen LogP contribution in [0.5, 0.6) is 0 Å². The van der Waals surface area contributed by atoms with E-state index in [9.17, 15) is 0 Å². The summed E-state index contributed by atoms with van der Waals surface area (Å²) >= 11 is 0. The van der Waals surface area contributed by atoms with Gasteiger partial charge in [0.2, 0.25) is 0 Å². The van der Waals surface area contributed by atoms with Crippen molar-refractivity contribution in [3.63, 3.8) is 0 Å². The summed E-state index contributed by atoms with van der Waals surface area (Å²) in [4.78, 5) is 2.31. The van der Waals surface area contributed by atoms with E-state index in [1.54, 1.807) is 0 Å². The quantitative estimate of drug-likeness (QED) is 0.846. The van der Waals surface area contributed by atoms with Crippen LogP contribution in [0.4, 0.5) is 0 Å². The number of aryl methyl sites for hydroxylation is 1. The van der Waals surface area contributed by atoms with Crippen molar-refractivity contribution in [1.29, 1.82) is 0 Å². The molecular formula is C18H26N2O. The fourth-order valence-corrected chi connectivity index (χ4v) is 2.68. The third kappa shape index (κ3) is 4.19. The van der Waals surface area contributed by atoms with Crippen LogP contribution < -0.4 is 5.73 Å². The molecule has 0 amide bonds. The first-order valence-corrected chi connectivity index (χ1v) is 7.68. The van der Waals surface area contributed by atoms with E-state index in [4.69, 9.17) is 10.2 Å². The Morgan fingerprint density at radius 1 is 1.14 bits per heavy atom. The zero-order valence-corrected chi connectivity index (χ0v) is 13.3. The molecule has 0 saturated carbocycles. The second-order valence-electron chi connectivity index (χ2n) is 5.68. The lowest BCUT2D eigenvalue weighted by molar-refractivity contribution is 0.183. The predicted molar refractivity (Wildman–Crippen MR) is 87.2 cm³/mol. The third-order valence-electron chi connectivity index (χ3n) is 4.00. The van der Waals surface area contributed by atoms with Crippen LogP contribution in [0.3, 0.4) is 0 Å². The van der Waals surface area contributed by atoms with Gasteiger partial charge in [0, 0.05) is 12.6 Å². The van der Waals surface area contributed by atoms with Gasteiger partial charge in [0.1, 0.15) is 11.5 Å². The number of benzene rings is 1. The summed E-state index contributed by atoms with van der Waals surface area (Å²) in [6, 6.07) is 14.8. The number of rotatable bonds is 7. The van der Waals surface area contributed by atoms with E-state index in [0.29, 0.717) is 0 Å². The molecule has 0 fully saturated rings. The van der Waals surface area contributed by atoms with Crippen molar-refractivity contribution in [2.24, 2.45) is 5.73 Å². The van der Waals surface area contributed by atoms with Gasteiger partial charge in [0.05, 0.1) is 6.04 Å². The Morgan fingerprint density at radius 2 is 1.86 bits per heavy atom. The van der Waals surface area contributed by atoms with E-state index < -0.39 is 0 Å². The minimum atomic E-state index is 0.0799. The van der Waals surface area contributed by atoms with Crippen molar-refractivity contribution >= 4 is 0 Å². The van der Waals surface area contributed by atoms with Crippen LogP contribution in [0.1, 0.15) is 36.5 Å². The molecule has 1 aromatic heterocycles. The van der Waals surface area contributed by atoms with E-state index in [1.807, 2.05) is 13.0 Å². The number of hydrogen-bond donors (Lipinski definition) is 1. The fourth-order valence-electron chi connectivity index (χ4n) is 2.68. The van der Waals surface area contributed by atoms with E-state index >= 15 is 0 Å². The summed E-state index contributed by atoms with van der Waals surface area (Å²) < 4.78 is 5.82. The molecule has 0 bridgehead atoms. The van der Waals surface area contributed by atoms with Crippen LogP contribution in [0.25, 0.3) is 0 Å². The molecule has 0 aliphatic heterocycles. The molecule has 3 heteroatoms. The highest BCUT2D eigenvalue weighted by Gasteiger charge is 2.25. The van der Waals surface area contributed by atoms with Crippen molar-refractivity contribution < 1.29 is 4.42 Å². The maximum absolute atomic E-state index is 6.33. The van der Waals surface area contributed by atoms with Crippen molar-refractivity contribution in [2.45, 2.75) is 38.8 Å². The summed E-state index contributed by atoms with van der Waals surface area (Å²) in [5.74, 6) is 1.91. The smallest absolute Gasteiger partial charge is 0.122 e. The van der Waals surface area contributed by atoms with Gasteiger partial charge in [-0.25, -0.2) is 0 Å². The summed E-state index contributed by atoms with van der Waals surface area (Å²) in [6.45, 7) is 5.06. The Labute approximate surface area is 127 Å². The van der Waals surface area contributed by atoms with Crippen LogP contribution in [0.2, 0.25) is 0 Å². The van der Waals surface area contributed by atoms with Crippen LogP contribution in [0, 0.1) is 6.92 Å². The molecule has 114 valence electrons.